The standard InChI is InChI=1S/C16H14BrN3O2/c1-3-22-16(21)14-13-12(17)9-20(11-7-5-4-6-8-11)15(13)19-10(2)18-14/h4-9H,3H2,1-2H3. The van der Waals surface area contributed by atoms with Crippen molar-refractivity contribution in [3.05, 3.63) is 52.5 Å². The van der Waals surface area contributed by atoms with Gasteiger partial charge >= 0.3 is 5.97 Å². The van der Waals surface area contributed by atoms with Crippen LogP contribution < -0.4 is 0 Å². The van der Waals surface area contributed by atoms with E-state index in [9.17, 15) is 4.79 Å². The second-order valence-corrected chi connectivity index (χ2v) is 5.58. The molecule has 0 aliphatic rings. The number of fused-ring (bicyclic) bond motifs is 1. The van der Waals surface area contributed by atoms with Gasteiger partial charge in [0.05, 0.1) is 12.0 Å². The maximum Gasteiger partial charge on any atom is 0.357 e. The summed E-state index contributed by atoms with van der Waals surface area (Å²) in [6, 6.07) is 9.82. The molecule has 0 atom stereocenters. The SMILES string of the molecule is CCOC(=O)c1nc(C)nc2c1c(Br)cn2-c1ccccc1. The zero-order valence-corrected chi connectivity index (χ0v) is 13.8. The van der Waals surface area contributed by atoms with E-state index in [-0.39, 0.29) is 5.69 Å². The van der Waals surface area contributed by atoms with Gasteiger partial charge in [0.15, 0.2) is 5.69 Å². The molecule has 0 N–H and O–H groups in total. The average Bonchev–Trinajstić information content (AvgIpc) is 2.84. The molecule has 0 saturated heterocycles. The Kier molecular flexibility index (Phi) is 3.94. The molecular formula is C16H14BrN3O2. The number of esters is 1. The van der Waals surface area contributed by atoms with Crippen LogP contribution in [0, 0.1) is 6.92 Å². The van der Waals surface area contributed by atoms with Crippen molar-refractivity contribution >= 4 is 32.9 Å². The van der Waals surface area contributed by atoms with Crippen molar-refractivity contribution in [2.75, 3.05) is 6.61 Å². The Bertz CT molecular complexity index is 843. The predicted octanol–water partition coefficient (Wildman–Crippen LogP) is 3.67. The molecule has 3 aromatic rings. The van der Waals surface area contributed by atoms with Gasteiger partial charge in [-0.1, -0.05) is 18.2 Å². The molecule has 0 saturated carbocycles. The van der Waals surface area contributed by atoms with Crippen molar-refractivity contribution in [1.29, 1.82) is 0 Å². The number of carbonyl (C=O) groups is 1. The minimum absolute atomic E-state index is 0.283. The minimum Gasteiger partial charge on any atom is -0.461 e. The summed E-state index contributed by atoms with van der Waals surface area (Å²) >= 11 is 3.50. The molecular weight excluding hydrogens is 346 g/mol. The minimum atomic E-state index is -0.440. The van der Waals surface area contributed by atoms with Gasteiger partial charge in [-0.3, -0.25) is 0 Å². The van der Waals surface area contributed by atoms with E-state index in [0.717, 1.165) is 10.2 Å². The van der Waals surface area contributed by atoms with Crippen LogP contribution in [0.4, 0.5) is 0 Å². The number of carbonyl (C=O) groups excluding carboxylic acids is 1. The van der Waals surface area contributed by atoms with Crippen molar-refractivity contribution < 1.29 is 9.53 Å². The molecule has 0 unspecified atom stereocenters. The summed E-state index contributed by atoms with van der Waals surface area (Å²) in [5, 5.41) is 0.660. The Morgan fingerprint density at radius 1 is 1.27 bits per heavy atom. The summed E-state index contributed by atoms with van der Waals surface area (Å²) in [5.41, 5.74) is 1.92. The van der Waals surface area contributed by atoms with Gasteiger partial charge in [-0.2, -0.15) is 0 Å². The molecule has 2 heterocycles. The van der Waals surface area contributed by atoms with Crippen molar-refractivity contribution in [1.82, 2.24) is 14.5 Å². The molecule has 0 radical (unpaired) electrons. The number of hydrogen-bond acceptors (Lipinski definition) is 4. The fourth-order valence-corrected chi connectivity index (χ4v) is 2.89. The third kappa shape index (κ3) is 2.50. The van der Waals surface area contributed by atoms with E-state index in [0.29, 0.717) is 23.5 Å². The lowest BCUT2D eigenvalue weighted by Crippen LogP contribution is -2.10. The Morgan fingerprint density at radius 2 is 2.00 bits per heavy atom. The van der Waals surface area contributed by atoms with Crippen LogP contribution in [-0.4, -0.2) is 27.1 Å². The molecule has 3 rings (SSSR count). The van der Waals surface area contributed by atoms with E-state index in [1.165, 1.54) is 0 Å². The normalized spacial score (nSPS) is 10.9. The first kappa shape index (κ1) is 14.7. The number of aryl methyl sites for hydroxylation is 1. The third-order valence-corrected chi connectivity index (χ3v) is 3.82. The molecule has 0 fully saturated rings. The van der Waals surface area contributed by atoms with Crippen molar-refractivity contribution in [2.24, 2.45) is 0 Å². The molecule has 1 aromatic carbocycles. The first-order chi connectivity index (χ1) is 10.6. The number of ether oxygens (including phenoxy) is 1. The third-order valence-electron chi connectivity index (χ3n) is 3.21. The molecule has 0 amide bonds. The van der Waals surface area contributed by atoms with Gasteiger partial charge in [-0.05, 0) is 41.9 Å². The van der Waals surface area contributed by atoms with E-state index in [1.54, 1.807) is 13.8 Å². The number of rotatable bonds is 3. The van der Waals surface area contributed by atoms with Crippen molar-refractivity contribution in [2.45, 2.75) is 13.8 Å². The van der Waals surface area contributed by atoms with Crippen LogP contribution in [0.3, 0.4) is 0 Å². The summed E-state index contributed by atoms with van der Waals surface area (Å²) in [7, 11) is 0. The quantitative estimate of drug-likeness (QED) is 0.669. The van der Waals surface area contributed by atoms with Gasteiger partial charge < -0.3 is 9.30 Å². The van der Waals surface area contributed by atoms with Crippen LogP contribution in [0.15, 0.2) is 41.0 Å². The number of aromatic nitrogens is 3. The lowest BCUT2D eigenvalue weighted by Gasteiger charge is -2.07. The maximum absolute atomic E-state index is 12.2. The summed E-state index contributed by atoms with van der Waals surface area (Å²) in [6.07, 6.45) is 1.89. The first-order valence-corrected chi connectivity index (χ1v) is 7.69. The van der Waals surface area contributed by atoms with Gasteiger partial charge in [0, 0.05) is 16.4 Å². The zero-order chi connectivity index (χ0) is 15.7. The Labute approximate surface area is 136 Å². The van der Waals surface area contributed by atoms with Gasteiger partial charge in [-0.15, -0.1) is 0 Å². The average molecular weight is 360 g/mol. The molecule has 0 bridgehead atoms. The molecule has 2 aromatic heterocycles. The summed E-state index contributed by atoms with van der Waals surface area (Å²) in [4.78, 5) is 20.9. The lowest BCUT2D eigenvalue weighted by molar-refractivity contribution is 0.0521. The van der Waals surface area contributed by atoms with Crippen LogP contribution in [0.25, 0.3) is 16.7 Å². The smallest absolute Gasteiger partial charge is 0.357 e. The first-order valence-electron chi connectivity index (χ1n) is 6.89. The lowest BCUT2D eigenvalue weighted by atomic mass is 10.2. The van der Waals surface area contributed by atoms with Gasteiger partial charge in [-0.25, -0.2) is 14.8 Å². The molecule has 5 nitrogen and oxygen atoms in total. The van der Waals surface area contributed by atoms with E-state index in [4.69, 9.17) is 4.74 Å². The highest BCUT2D eigenvalue weighted by molar-refractivity contribution is 9.10. The Hall–Kier alpha value is -2.21. The maximum atomic E-state index is 12.2. The highest BCUT2D eigenvalue weighted by Gasteiger charge is 2.21. The van der Waals surface area contributed by atoms with E-state index < -0.39 is 5.97 Å². The molecule has 112 valence electrons. The van der Waals surface area contributed by atoms with Crippen LogP contribution in [0.5, 0.6) is 0 Å². The Morgan fingerprint density at radius 3 is 2.68 bits per heavy atom. The number of para-hydroxylation sites is 1. The second kappa shape index (κ2) is 5.88. The van der Waals surface area contributed by atoms with Gasteiger partial charge in [0.2, 0.25) is 0 Å². The predicted molar refractivity (Wildman–Crippen MR) is 87.3 cm³/mol. The van der Waals surface area contributed by atoms with Crippen LogP contribution in [0.1, 0.15) is 23.2 Å². The van der Waals surface area contributed by atoms with Gasteiger partial charge in [0.1, 0.15) is 11.5 Å². The highest BCUT2D eigenvalue weighted by atomic mass is 79.9. The highest BCUT2D eigenvalue weighted by Crippen LogP contribution is 2.30. The molecule has 0 spiro atoms. The van der Waals surface area contributed by atoms with E-state index >= 15 is 0 Å². The van der Waals surface area contributed by atoms with E-state index in [2.05, 4.69) is 25.9 Å². The molecule has 0 aliphatic carbocycles. The van der Waals surface area contributed by atoms with Crippen LogP contribution >= 0.6 is 15.9 Å². The van der Waals surface area contributed by atoms with Crippen LogP contribution in [0.2, 0.25) is 0 Å². The summed E-state index contributed by atoms with van der Waals surface area (Å²) in [5.74, 6) is 0.0860. The monoisotopic (exact) mass is 359 g/mol. The second-order valence-electron chi connectivity index (χ2n) is 4.72. The zero-order valence-electron chi connectivity index (χ0n) is 12.2. The number of hydrogen-bond donors (Lipinski definition) is 0. The van der Waals surface area contributed by atoms with Crippen LogP contribution in [-0.2, 0) is 4.74 Å². The van der Waals surface area contributed by atoms with E-state index in [1.807, 2.05) is 41.1 Å². The van der Waals surface area contributed by atoms with Gasteiger partial charge in [0.25, 0.3) is 0 Å². The number of nitrogens with zero attached hydrogens (tertiary/aromatic N) is 3. The molecule has 22 heavy (non-hydrogen) atoms. The summed E-state index contributed by atoms with van der Waals surface area (Å²) < 4.78 is 7.79. The Balaban J connectivity index is 2.29. The fraction of sp³-hybridized carbons (Fsp3) is 0.188. The largest absolute Gasteiger partial charge is 0.461 e. The topological polar surface area (TPSA) is 57.0 Å². The fourth-order valence-electron chi connectivity index (χ4n) is 2.32. The summed E-state index contributed by atoms with van der Waals surface area (Å²) in [6.45, 7) is 3.84. The molecule has 6 heteroatoms. The van der Waals surface area contributed by atoms with Crippen molar-refractivity contribution in [3.63, 3.8) is 0 Å². The number of halogens is 1. The molecule has 0 aliphatic heterocycles. The number of benzene rings is 1. The van der Waals surface area contributed by atoms with Crippen molar-refractivity contribution in [3.8, 4) is 5.69 Å².